The van der Waals surface area contributed by atoms with E-state index in [1.54, 1.807) is 6.07 Å². The van der Waals surface area contributed by atoms with E-state index in [0.717, 1.165) is 5.92 Å². The molecule has 0 heterocycles. The first-order valence-corrected chi connectivity index (χ1v) is 7.91. The van der Waals surface area contributed by atoms with Crippen LogP contribution in [0.2, 0.25) is 0 Å². The molecule has 0 bridgehead atoms. The van der Waals surface area contributed by atoms with Gasteiger partial charge < -0.3 is 20.5 Å². The molecule has 1 aliphatic carbocycles. The van der Waals surface area contributed by atoms with Crippen LogP contribution in [0.3, 0.4) is 0 Å². The van der Waals surface area contributed by atoms with Gasteiger partial charge in [-0.1, -0.05) is 13.0 Å². The highest BCUT2D eigenvalue weighted by atomic mass is 16.5. The maximum Gasteiger partial charge on any atom is 0.121 e. The molecule has 1 aromatic carbocycles. The van der Waals surface area contributed by atoms with Crippen LogP contribution in [0.1, 0.15) is 32.6 Å². The quantitative estimate of drug-likeness (QED) is 0.791. The summed E-state index contributed by atoms with van der Waals surface area (Å²) in [5, 5.41) is 10.1. The molecule has 1 aromatic rings. The first-order valence-electron chi connectivity index (χ1n) is 7.91. The van der Waals surface area contributed by atoms with Gasteiger partial charge in [0.05, 0.1) is 0 Å². The van der Waals surface area contributed by atoms with Crippen LogP contribution in [0.5, 0.6) is 5.75 Å². The molecule has 3 N–H and O–H groups in total. The zero-order valence-corrected chi connectivity index (χ0v) is 13.2. The SMILES string of the molecule is CC1CCC(N(C)CC(O)COc2cccc(N)c2)CC1. The number of rotatable bonds is 6. The fourth-order valence-corrected chi connectivity index (χ4v) is 3.01. The summed E-state index contributed by atoms with van der Waals surface area (Å²) in [5.41, 5.74) is 6.38. The molecule has 1 atom stereocenters. The summed E-state index contributed by atoms with van der Waals surface area (Å²) in [7, 11) is 2.10. The van der Waals surface area contributed by atoms with E-state index in [9.17, 15) is 5.11 Å². The Kier molecular flexibility index (Phi) is 5.88. The Morgan fingerprint density at radius 2 is 2.05 bits per heavy atom. The number of nitrogen functional groups attached to an aromatic ring is 1. The number of aliphatic hydroxyl groups excluding tert-OH is 1. The molecule has 1 unspecified atom stereocenters. The second-order valence-corrected chi connectivity index (χ2v) is 6.39. The molecule has 21 heavy (non-hydrogen) atoms. The predicted molar refractivity (Wildman–Crippen MR) is 86.4 cm³/mol. The molecule has 0 saturated heterocycles. The van der Waals surface area contributed by atoms with Gasteiger partial charge in [-0.2, -0.15) is 0 Å². The summed E-state index contributed by atoms with van der Waals surface area (Å²) in [6, 6.07) is 7.91. The van der Waals surface area contributed by atoms with Crippen molar-refractivity contribution in [3.05, 3.63) is 24.3 Å². The Hall–Kier alpha value is -1.26. The predicted octanol–water partition coefficient (Wildman–Crippen LogP) is 2.52. The average Bonchev–Trinajstić information content (AvgIpc) is 2.46. The third kappa shape index (κ3) is 5.21. The topological polar surface area (TPSA) is 58.7 Å². The van der Waals surface area contributed by atoms with Crippen LogP contribution in [0.4, 0.5) is 5.69 Å². The lowest BCUT2D eigenvalue weighted by Gasteiger charge is -2.34. The molecule has 0 aromatic heterocycles. The minimum atomic E-state index is -0.476. The summed E-state index contributed by atoms with van der Waals surface area (Å²) < 4.78 is 5.60. The van der Waals surface area contributed by atoms with E-state index >= 15 is 0 Å². The fraction of sp³-hybridized carbons (Fsp3) is 0.647. The van der Waals surface area contributed by atoms with Crippen LogP contribution in [-0.4, -0.2) is 42.4 Å². The maximum absolute atomic E-state index is 10.1. The third-order valence-corrected chi connectivity index (χ3v) is 4.41. The van der Waals surface area contributed by atoms with Crippen molar-refractivity contribution in [1.82, 2.24) is 4.90 Å². The number of nitrogens with two attached hydrogens (primary N) is 1. The number of ether oxygens (including phenoxy) is 1. The van der Waals surface area contributed by atoms with Gasteiger partial charge in [-0.25, -0.2) is 0 Å². The average molecular weight is 292 g/mol. The van der Waals surface area contributed by atoms with Crippen molar-refractivity contribution in [2.24, 2.45) is 5.92 Å². The standard InChI is InChI=1S/C17H28N2O2/c1-13-6-8-15(9-7-13)19(2)11-16(20)12-21-17-5-3-4-14(18)10-17/h3-5,10,13,15-16,20H,6-9,11-12,18H2,1-2H3. The number of hydrogen-bond acceptors (Lipinski definition) is 4. The number of hydrogen-bond donors (Lipinski definition) is 2. The van der Waals surface area contributed by atoms with Crippen LogP contribution in [-0.2, 0) is 0 Å². The monoisotopic (exact) mass is 292 g/mol. The Balaban J connectivity index is 1.72. The van der Waals surface area contributed by atoms with Crippen LogP contribution < -0.4 is 10.5 Å². The van der Waals surface area contributed by atoms with Gasteiger partial charge >= 0.3 is 0 Å². The molecule has 0 aliphatic heterocycles. The van der Waals surface area contributed by atoms with Crippen molar-refractivity contribution in [3.63, 3.8) is 0 Å². The summed E-state index contributed by atoms with van der Waals surface area (Å²) in [4.78, 5) is 2.28. The Bertz CT molecular complexity index is 431. The van der Waals surface area contributed by atoms with Gasteiger partial charge in [0.25, 0.3) is 0 Å². The van der Waals surface area contributed by atoms with E-state index in [0.29, 0.717) is 30.6 Å². The van der Waals surface area contributed by atoms with Gasteiger partial charge in [-0.05, 0) is 50.8 Å². The number of benzene rings is 1. The molecule has 1 aliphatic rings. The van der Waals surface area contributed by atoms with Crippen LogP contribution in [0, 0.1) is 5.92 Å². The lowest BCUT2D eigenvalue weighted by molar-refractivity contribution is 0.0532. The normalized spacial score (nSPS) is 24.0. The van der Waals surface area contributed by atoms with E-state index in [2.05, 4.69) is 18.9 Å². The Morgan fingerprint density at radius 3 is 2.71 bits per heavy atom. The summed E-state index contributed by atoms with van der Waals surface area (Å²) >= 11 is 0. The molecule has 1 saturated carbocycles. The summed E-state index contributed by atoms with van der Waals surface area (Å²) in [6.45, 7) is 3.28. The van der Waals surface area contributed by atoms with Crippen molar-refractivity contribution < 1.29 is 9.84 Å². The van der Waals surface area contributed by atoms with Crippen molar-refractivity contribution in [2.75, 3.05) is 25.9 Å². The molecule has 4 nitrogen and oxygen atoms in total. The fourth-order valence-electron chi connectivity index (χ4n) is 3.01. The first-order chi connectivity index (χ1) is 10.0. The van der Waals surface area contributed by atoms with E-state index in [1.165, 1.54) is 25.7 Å². The second-order valence-electron chi connectivity index (χ2n) is 6.39. The van der Waals surface area contributed by atoms with Gasteiger partial charge in [0.15, 0.2) is 0 Å². The van der Waals surface area contributed by atoms with Crippen LogP contribution >= 0.6 is 0 Å². The van der Waals surface area contributed by atoms with Crippen LogP contribution in [0.15, 0.2) is 24.3 Å². The largest absolute Gasteiger partial charge is 0.491 e. The molecule has 4 heteroatoms. The Labute approximate surface area is 127 Å². The lowest BCUT2D eigenvalue weighted by atomic mass is 9.87. The Morgan fingerprint density at radius 1 is 1.33 bits per heavy atom. The van der Waals surface area contributed by atoms with E-state index < -0.39 is 6.10 Å². The summed E-state index contributed by atoms with van der Waals surface area (Å²) in [5.74, 6) is 1.56. The highest BCUT2D eigenvalue weighted by molar-refractivity contribution is 5.43. The van der Waals surface area contributed by atoms with Gasteiger partial charge in [-0.15, -0.1) is 0 Å². The van der Waals surface area contributed by atoms with E-state index in [1.807, 2.05) is 18.2 Å². The van der Waals surface area contributed by atoms with Crippen molar-refractivity contribution in [2.45, 2.75) is 44.8 Å². The third-order valence-electron chi connectivity index (χ3n) is 4.41. The molecule has 0 amide bonds. The van der Waals surface area contributed by atoms with Crippen molar-refractivity contribution >= 4 is 5.69 Å². The number of aliphatic hydroxyl groups is 1. The van der Waals surface area contributed by atoms with Crippen LogP contribution in [0.25, 0.3) is 0 Å². The van der Waals surface area contributed by atoms with E-state index in [4.69, 9.17) is 10.5 Å². The minimum Gasteiger partial charge on any atom is -0.491 e. The number of anilines is 1. The second kappa shape index (κ2) is 7.66. The molecule has 0 spiro atoms. The van der Waals surface area contributed by atoms with Gasteiger partial charge in [0, 0.05) is 24.3 Å². The molecular formula is C17H28N2O2. The molecule has 118 valence electrons. The van der Waals surface area contributed by atoms with E-state index in [-0.39, 0.29) is 0 Å². The highest BCUT2D eigenvalue weighted by Crippen LogP contribution is 2.26. The van der Waals surface area contributed by atoms with Crippen molar-refractivity contribution in [3.8, 4) is 5.75 Å². The minimum absolute atomic E-state index is 0.302. The maximum atomic E-state index is 10.1. The highest BCUT2D eigenvalue weighted by Gasteiger charge is 2.23. The zero-order chi connectivity index (χ0) is 15.2. The van der Waals surface area contributed by atoms with Gasteiger partial charge in [0.1, 0.15) is 18.5 Å². The van der Waals surface area contributed by atoms with Gasteiger partial charge in [0.2, 0.25) is 0 Å². The smallest absolute Gasteiger partial charge is 0.121 e. The first kappa shape index (κ1) is 16.1. The number of likely N-dealkylation sites (N-methyl/N-ethyl adjacent to an activating group) is 1. The number of nitrogens with zero attached hydrogens (tertiary/aromatic N) is 1. The summed E-state index contributed by atoms with van der Waals surface area (Å²) in [6.07, 6.45) is 4.59. The van der Waals surface area contributed by atoms with Gasteiger partial charge in [-0.3, -0.25) is 0 Å². The molecule has 1 fully saturated rings. The van der Waals surface area contributed by atoms with Crippen molar-refractivity contribution in [1.29, 1.82) is 0 Å². The molecule has 2 rings (SSSR count). The zero-order valence-electron chi connectivity index (χ0n) is 13.2. The molecular weight excluding hydrogens is 264 g/mol. The molecule has 0 radical (unpaired) electrons. The lowest BCUT2D eigenvalue weighted by Crippen LogP contribution is -2.41.